The summed E-state index contributed by atoms with van der Waals surface area (Å²) in [5.74, 6) is 1.37. The molecule has 0 fully saturated rings. The third-order valence-electron chi connectivity index (χ3n) is 4.16. The molecule has 2 aromatic carbocycles. The van der Waals surface area contributed by atoms with Crippen molar-refractivity contribution in [2.75, 3.05) is 17.7 Å². The van der Waals surface area contributed by atoms with Crippen LogP contribution in [-0.4, -0.2) is 38.1 Å². The van der Waals surface area contributed by atoms with Gasteiger partial charge in [0.15, 0.2) is 11.5 Å². The number of halogens is 2. The predicted molar refractivity (Wildman–Crippen MR) is 123 cm³/mol. The van der Waals surface area contributed by atoms with Crippen molar-refractivity contribution in [1.29, 1.82) is 0 Å². The van der Waals surface area contributed by atoms with Gasteiger partial charge in [-0.15, -0.1) is 10.2 Å². The number of hydrogen-bond donors (Lipinski definition) is 1. The monoisotopic (exact) mass is 473 g/mol. The molecular weight excluding hydrogens is 457 g/mol. The standard InChI is InChI=1S/C21H17Cl2N5O2S/c1-2-30-17-5-3-13(4-6-17)21-26-25-18-7-8-20(27-28(18)21)31-12-19(29)24-16-10-14(22)9-15(23)11-16/h3-11H,2,12H2,1H3,(H,24,29). The Morgan fingerprint density at radius 3 is 2.52 bits per heavy atom. The zero-order valence-electron chi connectivity index (χ0n) is 16.4. The van der Waals surface area contributed by atoms with Gasteiger partial charge < -0.3 is 10.1 Å². The summed E-state index contributed by atoms with van der Waals surface area (Å²) in [4.78, 5) is 12.3. The molecule has 4 aromatic rings. The van der Waals surface area contributed by atoms with E-state index in [2.05, 4.69) is 20.6 Å². The van der Waals surface area contributed by atoms with E-state index < -0.39 is 0 Å². The van der Waals surface area contributed by atoms with Gasteiger partial charge in [-0.05, 0) is 61.5 Å². The maximum Gasteiger partial charge on any atom is 0.234 e. The van der Waals surface area contributed by atoms with Gasteiger partial charge in [0, 0.05) is 21.3 Å². The maximum absolute atomic E-state index is 12.3. The van der Waals surface area contributed by atoms with Crippen molar-refractivity contribution in [3.05, 3.63) is 64.6 Å². The number of rotatable bonds is 7. The number of thioether (sulfide) groups is 1. The van der Waals surface area contributed by atoms with Crippen LogP contribution < -0.4 is 10.1 Å². The molecule has 0 spiro atoms. The first-order valence-electron chi connectivity index (χ1n) is 9.36. The second kappa shape index (κ2) is 9.55. The summed E-state index contributed by atoms with van der Waals surface area (Å²) in [7, 11) is 0. The van der Waals surface area contributed by atoms with Crippen LogP contribution in [0.15, 0.2) is 59.6 Å². The predicted octanol–water partition coefficient (Wildman–Crippen LogP) is 5.23. The van der Waals surface area contributed by atoms with Crippen molar-refractivity contribution in [3.8, 4) is 17.1 Å². The Balaban J connectivity index is 1.47. The number of carbonyl (C=O) groups excluding carboxylic acids is 1. The minimum Gasteiger partial charge on any atom is -0.494 e. The number of benzene rings is 2. The summed E-state index contributed by atoms with van der Waals surface area (Å²) in [6, 6.07) is 16.1. The Morgan fingerprint density at radius 1 is 1.06 bits per heavy atom. The van der Waals surface area contributed by atoms with E-state index >= 15 is 0 Å². The molecule has 7 nitrogen and oxygen atoms in total. The molecule has 31 heavy (non-hydrogen) atoms. The van der Waals surface area contributed by atoms with Gasteiger partial charge in [-0.25, -0.2) is 0 Å². The van der Waals surface area contributed by atoms with Crippen LogP contribution in [0.3, 0.4) is 0 Å². The number of nitrogens with one attached hydrogen (secondary N) is 1. The van der Waals surface area contributed by atoms with Crippen molar-refractivity contribution >= 4 is 52.2 Å². The molecule has 0 saturated carbocycles. The van der Waals surface area contributed by atoms with Crippen molar-refractivity contribution in [1.82, 2.24) is 19.8 Å². The fourth-order valence-corrected chi connectivity index (χ4v) is 4.04. The maximum atomic E-state index is 12.3. The van der Waals surface area contributed by atoms with Crippen LogP contribution in [0.2, 0.25) is 10.0 Å². The molecule has 10 heteroatoms. The van der Waals surface area contributed by atoms with Gasteiger partial charge in [-0.1, -0.05) is 35.0 Å². The van der Waals surface area contributed by atoms with Gasteiger partial charge in [0.05, 0.1) is 12.4 Å². The highest BCUT2D eigenvalue weighted by atomic mass is 35.5. The van der Waals surface area contributed by atoms with Crippen LogP contribution in [0.1, 0.15) is 6.92 Å². The number of ether oxygens (including phenoxy) is 1. The molecule has 0 atom stereocenters. The Hall–Kier alpha value is -2.81. The zero-order valence-corrected chi connectivity index (χ0v) is 18.7. The first-order valence-corrected chi connectivity index (χ1v) is 11.1. The number of nitrogens with zero attached hydrogens (tertiary/aromatic N) is 4. The van der Waals surface area contributed by atoms with Crippen LogP contribution in [-0.2, 0) is 4.79 Å². The van der Waals surface area contributed by atoms with Crippen molar-refractivity contribution in [2.24, 2.45) is 0 Å². The lowest BCUT2D eigenvalue weighted by molar-refractivity contribution is -0.113. The summed E-state index contributed by atoms with van der Waals surface area (Å²) in [6.45, 7) is 2.54. The zero-order chi connectivity index (χ0) is 21.8. The molecule has 0 aliphatic rings. The largest absolute Gasteiger partial charge is 0.494 e. The Morgan fingerprint density at radius 2 is 1.81 bits per heavy atom. The first kappa shape index (κ1) is 21.4. The van der Waals surface area contributed by atoms with E-state index in [0.717, 1.165) is 11.3 Å². The van der Waals surface area contributed by atoms with E-state index in [1.807, 2.05) is 37.3 Å². The summed E-state index contributed by atoms with van der Waals surface area (Å²) < 4.78 is 7.14. The summed E-state index contributed by atoms with van der Waals surface area (Å²) in [6.07, 6.45) is 0. The summed E-state index contributed by atoms with van der Waals surface area (Å²) >= 11 is 13.2. The van der Waals surface area contributed by atoms with E-state index in [0.29, 0.717) is 38.8 Å². The van der Waals surface area contributed by atoms with Crippen LogP contribution in [0, 0.1) is 0 Å². The van der Waals surface area contributed by atoms with Gasteiger partial charge in [-0.3, -0.25) is 4.79 Å². The average Bonchev–Trinajstić information content (AvgIpc) is 3.15. The fraction of sp³-hybridized carbons (Fsp3) is 0.143. The molecule has 2 aromatic heterocycles. The Kier molecular flexibility index (Phi) is 6.60. The van der Waals surface area contributed by atoms with Gasteiger partial charge in [0.25, 0.3) is 0 Å². The second-order valence-electron chi connectivity index (χ2n) is 6.42. The summed E-state index contributed by atoms with van der Waals surface area (Å²) in [5.41, 5.74) is 2.02. The molecule has 0 aliphatic heterocycles. The smallest absolute Gasteiger partial charge is 0.234 e. The van der Waals surface area contributed by atoms with Crippen LogP contribution in [0.4, 0.5) is 5.69 Å². The number of carbonyl (C=O) groups is 1. The average molecular weight is 474 g/mol. The molecule has 1 N–H and O–H groups in total. The van der Waals surface area contributed by atoms with Crippen LogP contribution in [0.25, 0.3) is 17.0 Å². The van der Waals surface area contributed by atoms with E-state index in [1.54, 1.807) is 28.8 Å². The summed E-state index contributed by atoms with van der Waals surface area (Å²) in [5, 5.41) is 17.3. The molecule has 0 radical (unpaired) electrons. The Labute approximate surface area is 192 Å². The topological polar surface area (TPSA) is 81.4 Å². The quantitative estimate of drug-likeness (QED) is 0.370. The molecule has 0 saturated heterocycles. The van der Waals surface area contributed by atoms with Gasteiger partial charge in [0.2, 0.25) is 5.91 Å². The lowest BCUT2D eigenvalue weighted by Crippen LogP contribution is -2.14. The normalized spacial score (nSPS) is 10.9. The first-order chi connectivity index (χ1) is 15.0. The highest BCUT2D eigenvalue weighted by Gasteiger charge is 2.12. The number of aromatic nitrogens is 4. The number of fused-ring (bicyclic) bond motifs is 1. The fourth-order valence-electron chi connectivity index (χ4n) is 2.86. The highest BCUT2D eigenvalue weighted by Crippen LogP contribution is 2.24. The van der Waals surface area contributed by atoms with Gasteiger partial charge in [-0.2, -0.15) is 9.61 Å². The molecular formula is C21H17Cl2N5O2S. The van der Waals surface area contributed by atoms with E-state index in [-0.39, 0.29) is 11.7 Å². The lowest BCUT2D eigenvalue weighted by Gasteiger charge is -2.07. The highest BCUT2D eigenvalue weighted by molar-refractivity contribution is 7.99. The molecule has 2 heterocycles. The van der Waals surface area contributed by atoms with Crippen LogP contribution >= 0.6 is 35.0 Å². The third kappa shape index (κ3) is 5.28. The molecule has 4 rings (SSSR count). The Bertz CT molecular complexity index is 1210. The van der Waals surface area contributed by atoms with Crippen molar-refractivity contribution in [3.63, 3.8) is 0 Å². The molecule has 158 valence electrons. The van der Waals surface area contributed by atoms with E-state index in [1.165, 1.54) is 11.8 Å². The number of anilines is 1. The lowest BCUT2D eigenvalue weighted by atomic mass is 10.2. The van der Waals surface area contributed by atoms with E-state index in [9.17, 15) is 4.79 Å². The van der Waals surface area contributed by atoms with Gasteiger partial charge >= 0.3 is 0 Å². The SMILES string of the molecule is CCOc1ccc(-c2nnc3ccc(SCC(=O)Nc4cc(Cl)cc(Cl)c4)nn23)cc1. The van der Waals surface area contributed by atoms with E-state index in [4.69, 9.17) is 27.9 Å². The minimum absolute atomic E-state index is 0.170. The van der Waals surface area contributed by atoms with Gasteiger partial charge in [0.1, 0.15) is 10.8 Å². The van der Waals surface area contributed by atoms with Crippen molar-refractivity contribution < 1.29 is 9.53 Å². The molecule has 0 bridgehead atoms. The second-order valence-corrected chi connectivity index (χ2v) is 8.29. The number of hydrogen-bond acceptors (Lipinski definition) is 6. The number of amides is 1. The molecule has 0 aliphatic carbocycles. The third-order valence-corrected chi connectivity index (χ3v) is 5.52. The van der Waals surface area contributed by atoms with Crippen molar-refractivity contribution in [2.45, 2.75) is 11.9 Å². The molecule has 0 unspecified atom stereocenters. The molecule has 1 amide bonds. The minimum atomic E-state index is -0.194. The van der Waals surface area contributed by atoms with Crippen LogP contribution in [0.5, 0.6) is 5.75 Å².